The monoisotopic (exact) mass is 560 g/mol. The van der Waals surface area contributed by atoms with Crippen molar-refractivity contribution >= 4 is 17.8 Å². The molecule has 0 spiro atoms. The van der Waals surface area contributed by atoms with Gasteiger partial charge in [0.15, 0.2) is 0 Å². The normalized spacial score (nSPS) is 15.3. The van der Waals surface area contributed by atoms with E-state index in [1.165, 1.54) is 0 Å². The quantitative estimate of drug-likeness (QED) is 0.220. The smallest absolute Gasteiger partial charge is 0.450 e. The molecule has 0 bridgehead atoms. The highest BCUT2D eigenvalue weighted by molar-refractivity contribution is 6.31. The van der Waals surface area contributed by atoms with Crippen molar-refractivity contribution in [3.63, 3.8) is 0 Å². The topological polar surface area (TPSA) is 102 Å². The van der Waals surface area contributed by atoms with E-state index >= 15 is 0 Å². The summed E-state index contributed by atoms with van der Waals surface area (Å²) in [7, 11) is 0. The van der Waals surface area contributed by atoms with Gasteiger partial charge in [-0.1, -0.05) is 67.0 Å². The molecule has 1 aliphatic rings. The van der Waals surface area contributed by atoms with Crippen LogP contribution in [0.1, 0.15) is 43.5 Å². The van der Waals surface area contributed by atoms with Gasteiger partial charge < -0.3 is 14.4 Å². The molecule has 0 unspecified atom stereocenters. The second-order valence-corrected chi connectivity index (χ2v) is 11.3. The van der Waals surface area contributed by atoms with Gasteiger partial charge in [-0.2, -0.15) is 4.98 Å². The Labute approximate surface area is 239 Å². The highest BCUT2D eigenvalue weighted by Crippen LogP contribution is 2.32. The maximum Gasteiger partial charge on any atom is 0.506 e. The summed E-state index contributed by atoms with van der Waals surface area (Å²) in [4.78, 5) is 22.7. The molecular weight excluding hydrogens is 528 g/mol. The molecule has 0 radical (unpaired) electrons. The number of piperidine rings is 1. The van der Waals surface area contributed by atoms with Crippen LogP contribution in [0.5, 0.6) is 0 Å². The van der Waals surface area contributed by atoms with Gasteiger partial charge in [0.1, 0.15) is 5.60 Å². The van der Waals surface area contributed by atoms with Crippen LogP contribution in [0.25, 0.3) is 22.8 Å². The van der Waals surface area contributed by atoms with Crippen molar-refractivity contribution in [3.8, 4) is 22.8 Å². The molecule has 4 aromatic rings. The van der Waals surface area contributed by atoms with Gasteiger partial charge in [0.05, 0.1) is 0 Å². The molecule has 40 heavy (non-hydrogen) atoms. The Hall–Kier alpha value is -3.75. The summed E-state index contributed by atoms with van der Waals surface area (Å²) in [6.45, 7) is 6.55. The fourth-order valence-corrected chi connectivity index (χ4v) is 5.47. The van der Waals surface area contributed by atoms with E-state index in [9.17, 15) is 9.90 Å². The first-order valence-corrected chi connectivity index (χ1v) is 13.9. The number of hydrogen-bond donors (Lipinski definition) is 1. The van der Waals surface area contributed by atoms with Crippen LogP contribution >= 0.6 is 11.6 Å². The molecule has 1 fully saturated rings. The predicted molar refractivity (Wildman–Crippen MR) is 153 cm³/mol. The second kappa shape index (κ2) is 12.2. The number of nitrogens with zero attached hydrogens (tertiary/aromatic N) is 4. The number of halogens is 1. The number of rotatable bonds is 9. The lowest BCUT2D eigenvalue weighted by Gasteiger charge is -2.40. The zero-order valence-electron chi connectivity index (χ0n) is 22.7. The maximum atomic E-state index is 11.5. The third-order valence-electron chi connectivity index (χ3n) is 7.27. The van der Waals surface area contributed by atoms with Crippen LogP contribution in [0.2, 0.25) is 5.02 Å². The summed E-state index contributed by atoms with van der Waals surface area (Å²) in [5, 5.41) is 14.2. The zero-order chi connectivity index (χ0) is 28.1. The lowest BCUT2D eigenvalue weighted by molar-refractivity contribution is -0.0575. The fourth-order valence-electron chi connectivity index (χ4n) is 5.21. The van der Waals surface area contributed by atoms with Crippen molar-refractivity contribution in [3.05, 3.63) is 88.7 Å². The molecule has 5 rings (SSSR count). The largest absolute Gasteiger partial charge is 0.506 e. The third-order valence-corrected chi connectivity index (χ3v) is 7.62. The van der Waals surface area contributed by atoms with Gasteiger partial charge in [0.2, 0.25) is 5.82 Å². The predicted octanol–water partition coefficient (Wildman–Crippen LogP) is 6.92. The fraction of sp³-hybridized carbons (Fsp3) is 0.355. The van der Waals surface area contributed by atoms with Crippen molar-refractivity contribution in [2.24, 2.45) is 5.92 Å². The van der Waals surface area contributed by atoms with E-state index in [0.717, 1.165) is 54.0 Å². The second-order valence-electron chi connectivity index (χ2n) is 10.8. The van der Waals surface area contributed by atoms with Gasteiger partial charge in [-0.25, -0.2) is 4.79 Å². The molecule has 1 saturated heterocycles. The molecule has 0 aliphatic carbocycles. The number of likely N-dealkylation sites (tertiary alicyclic amines) is 1. The molecule has 9 heteroatoms. The molecule has 3 heterocycles. The minimum absolute atomic E-state index is 0.433. The standard InChI is InChI=1S/C31H33ClN4O4/c1-21(2)17-24-10-11-25(18-27(24)32)29-34-28(35-40-29)23-8-6-22(7-9-23)20-36-15-12-31(13-16-36,39-30(37)38)19-26-5-3-4-14-33-26/h3-11,14,18,21H,12-13,15-17,19-20H2,1-2H3,(H,37,38). The van der Waals surface area contributed by atoms with Crippen molar-refractivity contribution < 1.29 is 19.2 Å². The number of carbonyl (C=O) groups is 1. The summed E-state index contributed by atoms with van der Waals surface area (Å²) in [6, 6.07) is 19.6. The van der Waals surface area contributed by atoms with E-state index in [1.807, 2.05) is 48.5 Å². The van der Waals surface area contributed by atoms with Crippen molar-refractivity contribution in [2.75, 3.05) is 13.1 Å². The number of pyridine rings is 1. The van der Waals surface area contributed by atoms with E-state index in [-0.39, 0.29) is 0 Å². The highest BCUT2D eigenvalue weighted by atomic mass is 35.5. The van der Waals surface area contributed by atoms with Crippen LogP contribution in [0.15, 0.2) is 71.4 Å². The lowest BCUT2D eigenvalue weighted by atomic mass is 9.86. The van der Waals surface area contributed by atoms with Crippen molar-refractivity contribution in [1.29, 1.82) is 0 Å². The van der Waals surface area contributed by atoms with Crippen LogP contribution in [0.4, 0.5) is 4.79 Å². The van der Waals surface area contributed by atoms with Crippen molar-refractivity contribution in [2.45, 2.75) is 51.7 Å². The maximum absolute atomic E-state index is 11.5. The van der Waals surface area contributed by atoms with Crippen LogP contribution in [0.3, 0.4) is 0 Å². The van der Waals surface area contributed by atoms with Gasteiger partial charge in [-0.15, -0.1) is 0 Å². The Kier molecular flexibility index (Phi) is 8.47. The Morgan fingerprint density at radius 1 is 1.10 bits per heavy atom. The first kappa shape index (κ1) is 27.8. The molecule has 1 N–H and O–H groups in total. The highest BCUT2D eigenvalue weighted by Gasteiger charge is 2.39. The number of aromatic nitrogens is 3. The zero-order valence-corrected chi connectivity index (χ0v) is 23.5. The summed E-state index contributed by atoms with van der Waals surface area (Å²) in [5.74, 6) is 1.48. The number of hydrogen-bond acceptors (Lipinski definition) is 7. The minimum atomic E-state index is -1.24. The molecule has 0 saturated carbocycles. The molecule has 8 nitrogen and oxygen atoms in total. The van der Waals surface area contributed by atoms with Gasteiger partial charge in [-0.3, -0.25) is 9.88 Å². The summed E-state index contributed by atoms with van der Waals surface area (Å²) in [6.07, 6.45) is 3.10. The Morgan fingerprint density at radius 2 is 1.85 bits per heavy atom. The number of ether oxygens (including phenoxy) is 1. The van der Waals surface area contributed by atoms with Gasteiger partial charge in [-0.05, 0) is 47.7 Å². The van der Waals surface area contributed by atoms with Crippen molar-refractivity contribution in [1.82, 2.24) is 20.0 Å². The lowest BCUT2D eigenvalue weighted by Crippen LogP contribution is -2.48. The first-order chi connectivity index (χ1) is 19.3. The Bertz CT molecular complexity index is 1430. The Morgan fingerprint density at radius 3 is 2.50 bits per heavy atom. The minimum Gasteiger partial charge on any atom is -0.450 e. The van der Waals surface area contributed by atoms with Gasteiger partial charge in [0, 0.05) is 66.9 Å². The number of carboxylic acid groups (broad SMARTS) is 1. The molecule has 0 atom stereocenters. The average molecular weight is 561 g/mol. The van der Waals surface area contributed by atoms with E-state index < -0.39 is 11.8 Å². The molecule has 0 amide bonds. The first-order valence-electron chi connectivity index (χ1n) is 13.5. The molecule has 1 aliphatic heterocycles. The summed E-state index contributed by atoms with van der Waals surface area (Å²) < 4.78 is 11.0. The molecular formula is C31H33ClN4O4. The molecule has 2 aromatic heterocycles. The van der Waals surface area contributed by atoms with Gasteiger partial charge in [0.25, 0.3) is 5.89 Å². The van der Waals surface area contributed by atoms with E-state index in [4.69, 9.17) is 20.9 Å². The molecule has 2 aromatic carbocycles. The third kappa shape index (κ3) is 6.87. The van der Waals surface area contributed by atoms with E-state index in [1.54, 1.807) is 6.20 Å². The Balaban J connectivity index is 1.20. The van der Waals surface area contributed by atoms with E-state index in [0.29, 0.717) is 41.9 Å². The van der Waals surface area contributed by atoms with Crippen LogP contribution in [-0.2, 0) is 24.1 Å². The summed E-state index contributed by atoms with van der Waals surface area (Å²) >= 11 is 6.49. The number of benzene rings is 2. The van der Waals surface area contributed by atoms with Crippen LogP contribution in [-0.4, -0.2) is 50.0 Å². The molecule has 208 valence electrons. The van der Waals surface area contributed by atoms with Crippen LogP contribution < -0.4 is 0 Å². The van der Waals surface area contributed by atoms with E-state index in [2.05, 4.69) is 46.0 Å². The SMILES string of the molecule is CC(C)Cc1ccc(-c2nc(-c3ccc(CN4CCC(Cc5ccccn5)(OC(=O)O)CC4)cc3)no2)cc1Cl. The van der Waals surface area contributed by atoms with Crippen LogP contribution in [0, 0.1) is 5.92 Å². The average Bonchev–Trinajstić information content (AvgIpc) is 3.42. The summed E-state index contributed by atoms with van der Waals surface area (Å²) in [5.41, 5.74) is 4.00. The van der Waals surface area contributed by atoms with Gasteiger partial charge >= 0.3 is 6.16 Å².